The number of amides is 1. The number of likely N-dealkylation sites (tertiary alicyclic amines) is 1. The summed E-state index contributed by atoms with van der Waals surface area (Å²) in [7, 11) is 0. The van der Waals surface area contributed by atoms with E-state index in [2.05, 4.69) is 11.4 Å². The SMILES string of the molecule is N#C[C@@H]1CCCN1C(=O)[C@@H]1CC[C@H](CO)N1. The lowest BCUT2D eigenvalue weighted by Gasteiger charge is -2.23. The van der Waals surface area contributed by atoms with Crippen LogP contribution in [0.2, 0.25) is 0 Å². The fourth-order valence-corrected chi connectivity index (χ4v) is 2.52. The van der Waals surface area contributed by atoms with Crippen LogP contribution in [-0.4, -0.2) is 47.2 Å². The summed E-state index contributed by atoms with van der Waals surface area (Å²) < 4.78 is 0. The molecule has 2 aliphatic heterocycles. The molecule has 88 valence electrons. The summed E-state index contributed by atoms with van der Waals surface area (Å²) >= 11 is 0. The quantitative estimate of drug-likeness (QED) is 0.668. The second-order valence-electron chi connectivity index (χ2n) is 4.49. The molecule has 0 unspecified atom stereocenters. The first-order valence-corrected chi connectivity index (χ1v) is 5.83. The fourth-order valence-electron chi connectivity index (χ4n) is 2.52. The van der Waals surface area contributed by atoms with Crippen molar-refractivity contribution >= 4 is 5.91 Å². The molecule has 1 amide bonds. The third-order valence-electron chi connectivity index (χ3n) is 3.44. The zero-order valence-corrected chi connectivity index (χ0v) is 9.22. The molecule has 3 atom stereocenters. The van der Waals surface area contributed by atoms with Crippen molar-refractivity contribution in [1.82, 2.24) is 10.2 Å². The Morgan fingerprint density at radius 2 is 2.31 bits per heavy atom. The molecule has 2 heterocycles. The number of aliphatic hydroxyl groups excluding tert-OH is 1. The second kappa shape index (κ2) is 4.81. The lowest BCUT2D eigenvalue weighted by atomic mass is 10.1. The Bertz CT molecular complexity index is 313. The molecule has 2 rings (SSSR count). The highest BCUT2D eigenvalue weighted by Gasteiger charge is 2.36. The number of hydrogen-bond donors (Lipinski definition) is 2. The van der Waals surface area contributed by atoms with E-state index in [9.17, 15) is 4.79 Å². The van der Waals surface area contributed by atoms with Gasteiger partial charge in [0.05, 0.1) is 18.7 Å². The van der Waals surface area contributed by atoms with E-state index < -0.39 is 0 Å². The van der Waals surface area contributed by atoms with Crippen LogP contribution in [0, 0.1) is 11.3 Å². The first-order chi connectivity index (χ1) is 7.76. The van der Waals surface area contributed by atoms with Crippen molar-refractivity contribution in [3.63, 3.8) is 0 Å². The minimum absolute atomic E-state index is 0.0278. The molecule has 0 aliphatic carbocycles. The number of carbonyl (C=O) groups excluding carboxylic acids is 1. The summed E-state index contributed by atoms with van der Waals surface area (Å²) in [4.78, 5) is 13.8. The van der Waals surface area contributed by atoms with Crippen molar-refractivity contribution in [2.75, 3.05) is 13.2 Å². The Kier molecular flexibility index (Phi) is 3.42. The van der Waals surface area contributed by atoms with Gasteiger partial charge in [-0.25, -0.2) is 0 Å². The van der Waals surface area contributed by atoms with Gasteiger partial charge >= 0.3 is 0 Å². The largest absolute Gasteiger partial charge is 0.395 e. The summed E-state index contributed by atoms with van der Waals surface area (Å²) in [5.74, 6) is 0.0278. The van der Waals surface area contributed by atoms with Crippen molar-refractivity contribution in [3.8, 4) is 6.07 Å². The molecule has 0 bridgehead atoms. The number of nitriles is 1. The summed E-state index contributed by atoms with van der Waals surface area (Å²) in [6, 6.07) is 1.76. The smallest absolute Gasteiger partial charge is 0.240 e. The van der Waals surface area contributed by atoms with Crippen LogP contribution >= 0.6 is 0 Å². The van der Waals surface area contributed by atoms with Crippen LogP contribution in [0.5, 0.6) is 0 Å². The molecule has 5 nitrogen and oxygen atoms in total. The molecule has 2 saturated heterocycles. The maximum absolute atomic E-state index is 12.1. The maximum atomic E-state index is 12.1. The lowest BCUT2D eigenvalue weighted by Crippen LogP contribution is -2.47. The van der Waals surface area contributed by atoms with E-state index >= 15 is 0 Å². The Balaban J connectivity index is 1.95. The minimum Gasteiger partial charge on any atom is -0.395 e. The summed E-state index contributed by atoms with van der Waals surface area (Å²) in [5, 5.41) is 21.0. The predicted octanol–water partition coefficient (Wildman–Crippen LogP) is -0.386. The van der Waals surface area contributed by atoms with Gasteiger partial charge in [-0.2, -0.15) is 5.26 Å². The van der Waals surface area contributed by atoms with Gasteiger partial charge in [0.15, 0.2) is 0 Å². The Morgan fingerprint density at radius 3 is 2.94 bits per heavy atom. The number of hydrogen-bond acceptors (Lipinski definition) is 4. The van der Waals surface area contributed by atoms with E-state index in [4.69, 9.17) is 10.4 Å². The molecule has 0 radical (unpaired) electrons. The predicted molar refractivity (Wildman–Crippen MR) is 57.4 cm³/mol. The third-order valence-corrected chi connectivity index (χ3v) is 3.44. The maximum Gasteiger partial charge on any atom is 0.240 e. The molecule has 0 aromatic rings. The number of nitrogens with one attached hydrogen (secondary N) is 1. The normalized spacial score (nSPS) is 34.0. The standard InChI is InChI=1S/C11H17N3O2/c12-6-9-2-1-5-14(9)11(16)10-4-3-8(7-15)13-10/h8-10,13,15H,1-5,7H2/t8-,9+,10+/m1/s1. The second-order valence-corrected chi connectivity index (χ2v) is 4.49. The third kappa shape index (κ3) is 2.04. The molecule has 5 heteroatoms. The first-order valence-electron chi connectivity index (χ1n) is 5.83. The Morgan fingerprint density at radius 1 is 1.50 bits per heavy atom. The van der Waals surface area contributed by atoms with Gasteiger partial charge in [0, 0.05) is 12.6 Å². The molecule has 2 fully saturated rings. The van der Waals surface area contributed by atoms with Crippen LogP contribution in [0.3, 0.4) is 0 Å². The summed E-state index contributed by atoms with van der Waals surface area (Å²) in [6.07, 6.45) is 3.30. The number of nitrogens with zero attached hydrogens (tertiary/aromatic N) is 2. The minimum atomic E-state index is -0.248. The fraction of sp³-hybridized carbons (Fsp3) is 0.818. The van der Waals surface area contributed by atoms with Gasteiger partial charge < -0.3 is 15.3 Å². The molecule has 0 aromatic heterocycles. The van der Waals surface area contributed by atoms with E-state index in [0.29, 0.717) is 6.54 Å². The first kappa shape index (κ1) is 11.4. The molecule has 2 aliphatic rings. The zero-order chi connectivity index (χ0) is 11.5. The highest BCUT2D eigenvalue weighted by molar-refractivity contribution is 5.83. The topological polar surface area (TPSA) is 76.4 Å². The Labute approximate surface area is 95.0 Å². The van der Waals surface area contributed by atoms with Crippen molar-refractivity contribution in [3.05, 3.63) is 0 Å². The van der Waals surface area contributed by atoms with Crippen LogP contribution < -0.4 is 5.32 Å². The summed E-state index contributed by atoms with van der Waals surface area (Å²) in [6.45, 7) is 0.768. The molecule has 2 N–H and O–H groups in total. The van der Waals surface area contributed by atoms with Gasteiger partial charge in [-0.05, 0) is 25.7 Å². The van der Waals surface area contributed by atoms with E-state index in [0.717, 1.165) is 25.7 Å². The van der Waals surface area contributed by atoms with E-state index in [1.165, 1.54) is 0 Å². The van der Waals surface area contributed by atoms with Gasteiger partial charge in [0.25, 0.3) is 0 Å². The van der Waals surface area contributed by atoms with Gasteiger partial charge in [-0.15, -0.1) is 0 Å². The van der Waals surface area contributed by atoms with E-state index in [-0.39, 0.29) is 30.6 Å². The molecule has 16 heavy (non-hydrogen) atoms. The van der Waals surface area contributed by atoms with Crippen molar-refractivity contribution in [2.45, 2.75) is 43.8 Å². The number of carbonyl (C=O) groups is 1. The molecule has 0 aromatic carbocycles. The van der Waals surface area contributed by atoms with Gasteiger partial charge in [0.2, 0.25) is 5.91 Å². The Hall–Kier alpha value is -1.12. The van der Waals surface area contributed by atoms with Crippen LogP contribution in [0.1, 0.15) is 25.7 Å². The van der Waals surface area contributed by atoms with Crippen LogP contribution in [0.15, 0.2) is 0 Å². The van der Waals surface area contributed by atoms with Gasteiger partial charge in [-0.3, -0.25) is 4.79 Å². The molecule has 0 spiro atoms. The molecular weight excluding hydrogens is 206 g/mol. The average Bonchev–Trinajstić information content (AvgIpc) is 2.96. The van der Waals surface area contributed by atoms with Crippen LogP contribution in [0.25, 0.3) is 0 Å². The van der Waals surface area contributed by atoms with Gasteiger partial charge in [-0.1, -0.05) is 0 Å². The van der Waals surface area contributed by atoms with Crippen molar-refractivity contribution in [1.29, 1.82) is 5.26 Å². The summed E-state index contributed by atoms with van der Waals surface area (Å²) in [5.41, 5.74) is 0. The molecular formula is C11H17N3O2. The van der Waals surface area contributed by atoms with Crippen LogP contribution in [0.4, 0.5) is 0 Å². The van der Waals surface area contributed by atoms with Gasteiger partial charge in [0.1, 0.15) is 6.04 Å². The van der Waals surface area contributed by atoms with Crippen LogP contribution in [-0.2, 0) is 4.79 Å². The zero-order valence-electron chi connectivity index (χ0n) is 9.22. The number of aliphatic hydroxyl groups is 1. The van der Waals surface area contributed by atoms with Crippen molar-refractivity contribution in [2.24, 2.45) is 0 Å². The van der Waals surface area contributed by atoms with Crippen molar-refractivity contribution < 1.29 is 9.90 Å². The lowest BCUT2D eigenvalue weighted by molar-refractivity contribution is -0.133. The molecule has 0 saturated carbocycles. The highest BCUT2D eigenvalue weighted by Crippen LogP contribution is 2.21. The highest BCUT2D eigenvalue weighted by atomic mass is 16.3. The monoisotopic (exact) mass is 223 g/mol. The average molecular weight is 223 g/mol. The number of rotatable bonds is 2. The van der Waals surface area contributed by atoms with E-state index in [1.807, 2.05) is 0 Å². The van der Waals surface area contributed by atoms with E-state index in [1.54, 1.807) is 4.90 Å².